The number of fused-ring (bicyclic) bond motifs is 1. The Morgan fingerprint density at radius 1 is 1.16 bits per heavy atom. The van der Waals surface area contributed by atoms with Gasteiger partial charge in [0.25, 0.3) is 0 Å². The third kappa shape index (κ3) is 7.22. The highest BCUT2D eigenvalue weighted by atomic mass is 35.5. The van der Waals surface area contributed by atoms with E-state index < -0.39 is 17.2 Å². The average Bonchev–Trinajstić information content (AvgIpc) is 3.01. The summed E-state index contributed by atoms with van der Waals surface area (Å²) in [6, 6.07) is 18.3. The molecule has 0 saturated carbocycles. The van der Waals surface area contributed by atoms with Gasteiger partial charge in [0.15, 0.2) is 11.6 Å². The molecule has 5 rings (SSSR count). The van der Waals surface area contributed by atoms with Crippen molar-refractivity contribution in [1.29, 1.82) is 0 Å². The Hall–Kier alpha value is -4.26. The first-order valence-electron chi connectivity index (χ1n) is 13.5. The molecule has 1 aromatic heterocycles. The van der Waals surface area contributed by atoms with Crippen molar-refractivity contribution >= 4 is 62.8 Å². The van der Waals surface area contributed by atoms with E-state index >= 15 is 0 Å². The quantitative estimate of drug-likeness (QED) is 0.145. The standard InChI is InChI=1S/C29H29ClN8O4S/c1-37-15-6-5-9-21(37)18-31-36-35-29(39)19-8-7-10-20(16-19)38(43(40)41)28-27(32-24-11-3-4-12-25(24)34-28)33-26-17-22(42-2)13-14-23(26)30/h3-4,7-8,10-14,16-17,21H,5-6,9,15,18H2,1-2H3,(H-,32,33,40,41). The number of likely N-dealkylation sites (N-methyl/N-ethyl adjacent to an activating group) is 1. The molecule has 2 unspecified atom stereocenters. The fourth-order valence-electron chi connectivity index (χ4n) is 4.75. The minimum Gasteiger partial charge on any atom is -0.755 e. The maximum Gasteiger partial charge on any atom is 0.360 e. The smallest absolute Gasteiger partial charge is 0.360 e. The number of hydrogen-bond acceptors (Lipinski definition) is 9. The van der Waals surface area contributed by atoms with E-state index in [-0.39, 0.29) is 28.9 Å². The number of piperidine rings is 1. The normalized spacial score (nSPS) is 15.8. The van der Waals surface area contributed by atoms with Crippen LogP contribution in [0, 0.1) is 0 Å². The monoisotopic (exact) mass is 620 g/mol. The second-order valence-electron chi connectivity index (χ2n) is 9.87. The van der Waals surface area contributed by atoms with E-state index in [1.54, 1.807) is 48.5 Å². The van der Waals surface area contributed by atoms with Gasteiger partial charge in [-0.05, 0) is 68.9 Å². The Labute approximate surface area is 255 Å². The van der Waals surface area contributed by atoms with Crippen molar-refractivity contribution in [2.75, 3.05) is 36.9 Å². The summed E-state index contributed by atoms with van der Waals surface area (Å²) in [5.74, 6) is -0.0561. The van der Waals surface area contributed by atoms with Crippen LogP contribution < -0.4 is 19.3 Å². The molecule has 12 nitrogen and oxygen atoms in total. The molecular formula is C29H29ClN8O4S. The lowest BCUT2D eigenvalue weighted by molar-refractivity contribution is 0.0992. The SMILES string of the molecule is COc1ccc(Cl)c(Nc2nc3ccccc3nc2N(c2cccc(C(=O)N=[N+]=NCC3CCCCN3C)c2)S(=O)[O-])c1. The van der Waals surface area contributed by atoms with Crippen molar-refractivity contribution < 1.29 is 18.3 Å². The zero-order valence-electron chi connectivity index (χ0n) is 23.5. The van der Waals surface area contributed by atoms with Crippen LogP contribution in [0.3, 0.4) is 0 Å². The van der Waals surface area contributed by atoms with Gasteiger partial charge in [-0.3, -0.25) is 13.3 Å². The fourth-order valence-corrected chi connectivity index (χ4v) is 5.47. The number of likely N-dealkylation sites (tertiary alicyclic amines) is 1. The molecule has 222 valence electrons. The van der Waals surface area contributed by atoms with E-state index in [4.69, 9.17) is 16.3 Å². The molecule has 2 heterocycles. The number of anilines is 4. The Morgan fingerprint density at radius 2 is 1.95 bits per heavy atom. The van der Waals surface area contributed by atoms with Gasteiger partial charge in [0.05, 0.1) is 51.4 Å². The molecule has 0 bridgehead atoms. The van der Waals surface area contributed by atoms with Crippen LogP contribution in [0.4, 0.5) is 23.0 Å². The van der Waals surface area contributed by atoms with Crippen molar-refractivity contribution in [3.8, 4) is 5.75 Å². The summed E-state index contributed by atoms with van der Waals surface area (Å²) in [4.78, 5) is 28.1. The largest absolute Gasteiger partial charge is 0.755 e. The highest BCUT2D eigenvalue weighted by Crippen LogP contribution is 2.36. The third-order valence-corrected chi connectivity index (χ3v) is 8.07. The molecule has 0 spiro atoms. The summed E-state index contributed by atoms with van der Waals surface area (Å²) in [7, 11) is 3.57. The molecule has 4 aromatic rings. The minimum absolute atomic E-state index is 0.0382. The van der Waals surface area contributed by atoms with E-state index in [9.17, 15) is 13.6 Å². The Morgan fingerprint density at radius 3 is 2.70 bits per heavy atom. The summed E-state index contributed by atoms with van der Waals surface area (Å²) in [5.41, 5.74) is 1.68. The third-order valence-electron chi connectivity index (χ3n) is 7.06. The molecule has 1 fully saturated rings. The summed E-state index contributed by atoms with van der Waals surface area (Å²) in [5, 5.41) is 11.3. The maximum atomic E-state index is 12.9. The molecular weight excluding hydrogens is 592 g/mol. The average molecular weight is 621 g/mol. The van der Waals surface area contributed by atoms with Crippen LogP contribution in [0.2, 0.25) is 5.02 Å². The number of benzene rings is 3. The number of rotatable bonds is 9. The van der Waals surface area contributed by atoms with Crippen molar-refractivity contribution in [2.24, 2.45) is 10.2 Å². The molecule has 43 heavy (non-hydrogen) atoms. The van der Waals surface area contributed by atoms with Crippen LogP contribution in [-0.2, 0) is 11.3 Å². The number of para-hydroxylation sites is 2. The van der Waals surface area contributed by atoms with E-state index in [1.165, 1.54) is 25.3 Å². The first-order chi connectivity index (χ1) is 20.8. The number of hydrogen-bond donors (Lipinski definition) is 1. The van der Waals surface area contributed by atoms with E-state index in [2.05, 4.69) is 35.3 Å². The molecule has 1 N–H and O–H groups in total. The fraction of sp³-hybridized carbons (Fsp3) is 0.276. The number of halogens is 1. The summed E-state index contributed by atoms with van der Waals surface area (Å²) in [6.45, 7) is 1.45. The van der Waals surface area contributed by atoms with Gasteiger partial charge in [-0.1, -0.05) is 36.2 Å². The van der Waals surface area contributed by atoms with Crippen LogP contribution in [0.1, 0.15) is 29.6 Å². The van der Waals surface area contributed by atoms with Gasteiger partial charge in [-0.15, -0.1) is 0 Å². The molecule has 1 aliphatic heterocycles. The topological polar surface area (TPSA) is 150 Å². The first-order valence-corrected chi connectivity index (χ1v) is 14.9. The first kappa shape index (κ1) is 30.2. The number of carbonyl (C=O) groups excluding carboxylic acids is 1. The maximum absolute atomic E-state index is 12.9. The molecule has 1 saturated heterocycles. The zero-order chi connectivity index (χ0) is 30.3. The second-order valence-corrected chi connectivity index (χ2v) is 11.1. The second kappa shape index (κ2) is 13.8. The summed E-state index contributed by atoms with van der Waals surface area (Å²) in [6.07, 6.45) is 3.31. The van der Waals surface area contributed by atoms with Gasteiger partial charge in [0.2, 0.25) is 10.0 Å². The van der Waals surface area contributed by atoms with Crippen molar-refractivity contribution in [2.45, 2.75) is 25.3 Å². The summed E-state index contributed by atoms with van der Waals surface area (Å²) >= 11 is 3.56. The van der Waals surface area contributed by atoms with E-state index in [0.29, 0.717) is 34.0 Å². The van der Waals surface area contributed by atoms with Crippen molar-refractivity contribution in [3.05, 3.63) is 77.3 Å². The molecule has 2 atom stereocenters. The van der Waals surface area contributed by atoms with Crippen LogP contribution in [0.15, 0.2) is 77.0 Å². The molecule has 1 amide bonds. The molecule has 0 radical (unpaired) electrons. The lowest BCUT2D eigenvalue weighted by Gasteiger charge is -2.29. The van der Waals surface area contributed by atoms with Gasteiger partial charge in [0, 0.05) is 12.1 Å². The van der Waals surface area contributed by atoms with E-state index in [0.717, 1.165) is 30.1 Å². The lowest BCUT2D eigenvalue weighted by Crippen LogP contribution is -2.38. The van der Waals surface area contributed by atoms with Crippen molar-refractivity contribution in [1.82, 2.24) is 19.8 Å². The highest BCUT2D eigenvalue weighted by molar-refractivity contribution is 7.81. The number of nitrogens with zero attached hydrogens (tertiary/aromatic N) is 7. The number of methoxy groups -OCH3 is 1. The van der Waals surface area contributed by atoms with Crippen LogP contribution in [0.25, 0.3) is 11.0 Å². The number of aromatic nitrogens is 2. The number of nitrogens with one attached hydrogen (secondary N) is 1. The van der Waals surface area contributed by atoms with E-state index in [1.807, 2.05) is 7.05 Å². The van der Waals surface area contributed by atoms with Gasteiger partial charge < -0.3 is 19.5 Å². The van der Waals surface area contributed by atoms with Crippen molar-refractivity contribution in [3.63, 3.8) is 0 Å². The number of amides is 1. The molecule has 0 aliphatic carbocycles. The van der Waals surface area contributed by atoms with Crippen LogP contribution in [-0.4, -0.2) is 62.8 Å². The minimum atomic E-state index is -2.87. The number of ether oxygens (including phenoxy) is 1. The van der Waals surface area contributed by atoms with Gasteiger partial charge >= 0.3 is 5.91 Å². The Bertz CT molecular complexity index is 1730. The van der Waals surface area contributed by atoms with Crippen LogP contribution >= 0.6 is 11.6 Å². The molecule has 3 aromatic carbocycles. The molecule has 1 aliphatic rings. The number of carbonyl (C=O) groups is 1. The van der Waals surface area contributed by atoms with Crippen LogP contribution in [0.5, 0.6) is 5.75 Å². The Balaban J connectivity index is 1.49. The zero-order valence-corrected chi connectivity index (χ0v) is 25.1. The van der Waals surface area contributed by atoms with Gasteiger partial charge in [-0.25, -0.2) is 9.97 Å². The predicted molar refractivity (Wildman–Crippen MR) is 165 cm³/mol. The van der Waals surface area contributed by atoms with Gasteiger partial charge in [0.1, 0.15) is 17.4 Å². The summed E-state index contributed by atoms with van der Waals surface area (Å²) < 4.78 is 31.7. The highest BCUT2D eigenvalue weighted by Gasteiger charge is 2.23. The predicted octanol–water partition coefficient (Wildman–Crippen LogP) is 5.56. The van der Waals surface area contributed by atoms with Gasteiger partial charge in [-0.2, -0.15) is 0 Å². The Kier molecular flexibility index (Phi) is 9.70. The lowest BCUT2D eigenvalue weighted by atomic mass is 10.0. The molecule has 14 heteroatoms.